The Morgan fingerprint density at radius 2 is 2.05 bits per heavy atom. The van der Waals surface area contributed by atoms with Crippen LogP contribution in [0.1, 0.15) is 37.8 Å². The molecule has 1 aliphatic heterocycles. The van der Waals surface area contributed by atoms with Crippen LogP contribution in [-0.4, -0.2) is 35.7 Å². The van der Waals surface area contributed by atoms with E-state index in [1.54, 1.807) is 11.0 Å². The van der Waals surface area contributed by atoms with Gasteiger partial charge in [-0.15, -0.1) is 0 Å². The second kappa shape index (κ2) is 5.64. The summed E-state index contributed by atoms with van der Waals surface area (Å²) in [4.78, 5) is 13.7. The van der Waals surface area contributed by atoms with Crippen LogP contribution in [-0.2, 0) is 4.74 Å². The average Bonchev–Trinajstić information content (AvgIpc) is 2.69. The molecule has 1 amide bonds. The molecule has 1 fully saturated rings. The van der Waals surface area contributed by atoms with Crippen molar-refractivity contribution in [1.82, 2.24) is 4.90 Å². The lowest BCUT2D eigenvalue weighted by molar-refractivity contribution is 0.0290. The van der Waals surface area contributed by atoms with Crippen molar-refractivity contribution >= 4 is 6.09 Å². The highest BCUT2D eigenvalue weighted by atomic mass is 19.1. The van der Waals surface area contributed by atoms with Crippen LogP contribution in [0.2, 0.25) is 0 Å². The fourth-order valence-electron chi connectivity index (χ4n) is 2.69. The number of benzene rings is 1. The maximum Gasteiger partial charge on any atom is 0.410 e. The average molecular weight is 294 g/mol. The maximum atomic E-state index is 13.2. The number of amides is 1. The molecule has 2 rings (SSSR count). The standard InChI is InChI=1S/C16H23FN2O2/c1-10-7-11(17)5-6-12(10)13-8-19(9-14(13)18)15(20)21-16(2,3)4/h5-7,13-14H,8-9,18H2,1-4H3/t13?,14-/m1/s1. The van der Waals surface area contributed by atoms with Crippen LogP contribution >= 0.6 is 0 Å². The predicted octanol–water partition coefficient (Wildman–Crippen LogP) is 2.80. The summed E-state index contributed by atoms with van der Waals surface area (Å²) in [7, 11) is 0. The van der Waals surface area contributed by atoms with Crippen molar-refractivity contribution in [3.8, 4) is 0 Å². The third-order valence-electron chi connectivity index (χ3n) is 3.65. The minimum Gasteiger partial charge on any atom is -0.444 e. The molecule has 1 aromatic rings. The van der Waals surface area contributed by atoms with Crippen molar-refractivity contribution in [1.29, 1.82) is 0 Å². The molecular formula is C16H23FN2O2. The van der Waals surface area contributed by atoms with Crippen LogP contribution in [0.3, 0.4) is 0 Å². The largest absolute Gasteiger partial charge is 0.444 e. The monoisotopic (exact) mass is 294 g/mol. The second-order valence-corrected chi connectivity index (χ2v) is 6.66. The van der Waals surface area contributed by atoms with Gasteiger partial charge in [-0.25, -0.2) is 9.18 Å². The van der Waals surface area contributed by atoms with Crippen molar-refractivity contribution < 1.29 is 13.9 Å². The molecule has 1 unspecified atom stereocenters. The number of ether oxygens (including phenoxy) is 1. The van der Waals surface area contributed by atoms with E-state index in [1.807, 2.05) is 27.7 Å². The van der Waals surface area contributed by atoms with Gasteiger partial charge < -0.3 is 15.4 Å². The summed E-state index contributed by atoms with van der Waals surface area (Å²) in [5, 5.41) is 0. The topological polar surface area (TPSA) is 55.6 Å². The molecule has 0 aliphatic carbocycles. The van der Waals surface area contributed by atoms with Crippen LogP contribution in [0.4, 0.5) is 9.18 Å². The lowest BCUT2D eigenvalue weighted by atomic mass is 9.91. The molecule has 1 aromatic carbocycles. The predicted molar refractivity (Wildman–Crippen MR) is 79.7 cm³/mol. The zero-order valence-electron chi connectivity index (χ0n) is 13.0. The van der Waals surface area contributed by atoms with E-state index in [-0.39, 0.29) is 23.9 Å². The first kappa shape index (κ1) is 15.8. The molecule has 1 saturated heterocycles. The number of carbonyl (C=O) groups excluding carboxylic acids is 1. The normalized spacial score (nSPS) is 22.5. The van der Waals surface area contributed by atoms with Gasteiger partial charge in [-0.05, 0) is 51.0 Å². The Bertz CT molecular complexity index is 540. The molecule has 116 valence electrons. The number of likely N-dealkylation sites (tertiary alicyclic amines) is 1. The Hall–Kier alpha value is -1.62. The fraction of sp³-hybridized carbons (Fsp3) is 0.562. The van der Waals surface area contributed by atoms with Gasteiger partial charge in [0.15, 0.2) is 0 Å². The molecule has 0 spiro atoms. The smallest absolute Gasteiger partial charge is 0.410 e. The summed E-state index contributed by atoms with van der Waals surface area (Å²) in [6, 6.07) is 4.53. The number of hydrogen-bond acceptors (Lipinski definition) is 3. The van der Waals surface area contributed by atoms with Gasteiger partial charge in [0.2, 0.25) is 0 Å². The van der Waals surface area contributed by atoms with Crippen LogP contribution in [0, 0.1) is 12.7 Å². The van der Waals surface area contributed by atoms with Crippen LogP contribution in [0.15, 0.2) is 18.2 Å². The van der Waals surface area contributed by atoms with Crippen LogP contribution in [0.5, 0.6) is 0 Å². The van der Waals surface area contributed by atoms with Crippen LogP contribution < -0.4 is 5.73 Å². The molecule has 4 nitrogen and oxygen atoms in total. The van der Waals surface area contributed by atoms with Gasteiger partial charge in [-0.3, -0.25) is 0 Å². The number of hydrogen-bond donors (Lipinski definition) is 1. The third-order valence-corrected chi connectivity index (χ3v) is 3.65. The molecule has 0 bridgehead atoms. The van der Waals surface area contributed by atoms with Crippen molar-refractivity contribution in [3.05, 3.63) is 35.1 Å². The van der Waals surface area contributed by atoms with Gasteiger partial charge in [0.05, 0.1) is 0 Å². The zero-order chi connectivity index (χ0) is 15.8. The Labute approximate surface area is 125 Å². The Morgan fingerprint density at radius 3 is 2.62 bits per heavy atom. The number of halogens is 1. The van der Waals surface area contributed by atoms with Gasteiger partial charge >= 0.3 is 6.09 Å². The molecule has 1 aliphatic rings. The summed E-state index contributed by atoms with van der Waals surface area (Å²) in [5.41, 5.74) is 7.50. The molecular weight excluding hydrogens is 271 g/mol. The number of aryl methyl sites for hydroxylation is 1. The van der Waals surface area contributed by atoms with Crippen molar-refractivity contribution in [2.45, 2.75) is 45.3 Å². The molecule has 0 saturated carbocycles. The summed E-state index contributed by atoms with van der Waals surface area (Å²) >= 11 is 0. The number of rotatable bonds is 1. The molecule has 1 heterocycles. The summed E-state index contributed by atoms with van der Waals surface area (Å²) in [6.07, 6.45) is -0.347. The van der Waals surface area contributed by atoms with Gasteiger partial charge in [0.1, 0.15) is 11.4 Å². The lowest BCUT2D eigenvalue weighted by Crippen LogP contribution is -2.36. The Morgan fingerprint density at radius 1 is 1.38 bits per heavy atom. The molecule has 0 aromatic heterocycles. The van der Waals surface area contributed by atoms with E-state index < -0.39 is 5.60 Å². The molecule has 2 N–H and O–H groups in total. The van der Waals surface area contributed by atoms with E-state index in [4.69, 9.17) is 10.5 Å². The quantitative estimate of drug-likeness (QED) is 0.866. The lowest BCUT2D eigenvalue weighted by Gasteiger charge is -2.24. The molecule has 2 atom stereocenters. The minimum atomic E-state index is -0.523. The van der Waals surface area contributed by atoms with E-state index in [2.05, 4.69) is 0 Å². The number of nitrogens with two attached hydrogens (primary N) is 1. The van der Waals surface area contributed by atoms with Crippen molar-refractivity contribution in [3.63, 3.8) is 0 Å². The SMILES string of the molecule is Cc1cc(F)ccc1C1CN(C(=O)OC(C)(C)C)C[C@H]1N. The summed E-state index contributed by atoms with van der Waals surface area (Å²) in [6.45, 7) is 8.33. The number of carbonyl (C=O) groups is 1. The van der Waals surface area contributed by atoms with Crippen LogP contribution in [0.25, 0.3) is 0 Å². The summed E-state index contributed by atoms with van der Waals surface area (Å²) in [5.74, 6) is -0.245. The van der Waals surface area contributed by atoms with E-state index in [1.165, 1.54) is 12.1 Å². The molecule has 0 radical (unpaired) electrons. The maximum absolute atomic E-state index is 13.2. The van der Waals surface area contributed by atoms with E-state index in [0.717, 1.165) is 11.1 Å². The third kappa shape index (κ3) is 3.73. The first-order valence-electron chi connectivity index (χ1n) is 7.17. The van der Waals surface area contributed by atoms with E-state index in [9.17, 15) is 9.18 Å². The summed E-state index contributed by atoms with van der Waals surface area (Å²) < 4.78 is 18.6. The Kier molecular flexibility index (Phi) is 4.23. The van der Waals surface area contributed by atoms with Crippen molar-refractivity contribution in [2.24, 2.45) is 5.73 Å². The first-order valence-corrected chi connectivity index (χ1v) is 7.17. The highest BCUT2D eigenvalue weighted by Gasteiger charge is 2.36. The number of nitrogens with zero attached hydrogens (tertiary/aromatic N) is 1. The van der Waals surface area contributed by atoms with Gasteiger partial charge in [0, 0.05) is 25.0 Å². The first-order chi connectivity index (χ1) is 9.67. The van der Waals surface area contributed by atoms with Gasteiger partial charge in [0.25, 0.3) is 0 Å². The second-order valence-electron chi connectivity index (χ2n) is 6.66. The Balaban J connectivity index is 2.12. The fourth-order valence-corrected chi connectivity index (χ4v) is 2.69. The highest BCUT2D eigenvalue weighted by Crippen LogP contribution is 2.30. The molecule has 5 heteroatoms. The van der Waals surface area contributed by atoms with Gasteiger partial charge in [-0.2, -0.15) is 0 Å². The van der Waals surface area contributed by atoms with Crippen molar-refractivity contribution in [2.75, 3.05) is 13.1 Å². The molecule has 21 heavy (non-hydrogen) atoms. The van der Waals surface area contributed by atoms with Gasteiger partial charge in [-0.1, -0.05) is 6.07 Å². The van der Waals surface area contributed by atoms with E-state index in [0.29, 0.717) is 13.1 Å². The van der Waals surface area contributed by atoms with E-state index >= 15 is 0 Å². The zero-order valence-corrected chi connectivity index (χ0v) is 13.0. The minimum absolute atomic E-state index is 0.0121. The highest BCUT2D eigenvalue weighted by molar-refractivity contribution is 5.69.